The summed E-state index contributed by atoms with van der Waals surface area (Å²) in [4.78, 5) is 11.7. The minimum absolute atomic E-state index is 0.0255. The average Bonchev–Trinajstić information content (AvgIpc) is 2.57. The molecule has 1 atom stereocenters. The summed E-state index contributed by atoms with van der Waals surface area (Å²) in [5.41, 5.74) is 0.719. The molecule has 0 aliphatic heterocycles. The fourth-order valence-corrected chi connectivity index (χ4v) is 2.42. The molecule has 0 aliphatic rings. The van der Waals surface area contributed by atoms with Crippen molar-refractivity contribution in [1.29, 1.82) is 0 Å². The summed E-state index contributed by atoms with van der Waals surface area (Å²) in [5, 5.41) is 18.1. The normalized spacial score (nSPS) is 12.8. The molecular formula is C20H28N2O3. The van der Waals surface area contributed by atoms with E-state index in [0.29, 0.717) is 18.7 Å². The molecule has 1 amide bonds. The third kappa shape index (κ3) is 5.73. The summed E-state index contributed by atoms with van der Waals surface area (Å²) in [6, 6.07) is 11.4. The second-order valence-corrected chi connectivity index (χ2v) is 7.15. The number of aliphatic hydroxyl groups excluding tert-OH is 1. The number of carbonyl (C=O) groups excluding carboxylic acids is 1. The molecule has 2 aromatic carbocycles. The van der Waals surface area contributed by atoms with Gasteiger partial charge in [-0.05, 0) is 32.9 Å². The number of fused-ring (bicyclic) bond motifs is 1. The molecule has 3 N–H and O–H groups in total. The van der Waals surface area contributed by atoms with E-state index in [1.54, 1.807) is 0 Å². The van der Waals surface area contributed by atoms with E-state index in [4.69, 9.17) is 4.74 Å². The standard InChI is InChI=1S/C20H28N2O3/c1-5-19(24)22-17-10-6-9-16-15(17)8-7-11-18(16)25-13-14(23)12-21-20(2,3)4/h6-11,14,21,23H,5,12-13H2,1-4H3,(H,22,24). The summed E-state index contributed by atoms with van der Waals surface area (Å²) in [6.07, 6.45) is -0.169. The zero-order chi connectivity index (χ0) is 18.4. The third-order valence-corrected chi connectivity index (χ3v) is 3.78. The van der Waals surface area contributed by atoms with Gasteiger partial charge in [0, 0.05) is 35.0 Å². The van der Waals surface area contributed by atoms with Gasteiger partial charge in [0.25, 0.3) is 0 Å². The van der Waals surface area contributed by atoms with Crippen molar-refractivity contribution >= 4 is 22.4 Å². The highest BCUT2D eigenvalue weighted by Gasteiger charge is 2.13. The molecule has 25 heavy (non-hydrogen) atoms. The largest absolute Gasteiger partial charge is 0.490 e. The third-order valence-electron chi connectivity index (χ3n) is 3.78. The maximum atomic E-state index is 11.7. The Balaban J connectivity index is 2.11. The van der Waals surface area contributed by atoms with Gasteiger partial charge in [-0.3, -0.25) is 4.79 Å². The number of carbonyl (C=O) groups is 1. The molecular weight excluding hydrogens is 316 g/mol. The smallest absolute Gasteiger partial charge is 0.224 e. The predicted molar refractivity (Wildman–Crippen MR) is 102 cm³/mol. The molecule has 0 saturated heterocycles. The van der Waals surface area contributed by atoms with E-state index >= 15 is 0 Å². The van der Waals surface area contributed by atoms with Gasteiger partial charge in [0.15, 0.2) is 0 Å². The lowest BCUT2D eigenvalue weighted by Gasteiger charge is -2.23. The van der Waals surface area contributed by atoms with Crippen LogP contribution >= 0.6 is 0 Å². The number of hydrogen-bond donors (Lipinski definition) is 3. The molecule has 0 heterocycles. The van der Waals surface area contributed by atoms with Crippen molar-refractivity contribution < 1.29 is 14.6 Å². The van der Waals surface area contributed by atoms with Crippen LogP contribution in [0, 0.1) is 0 Å². The van der Waals surface area contributed by atoms with E-state index < -0.39 is 6.10 Å². The molecule has 5 heteroatoms. The van der Waals surface area contributed by atoms with Crippen molar-refractivity contribution in [3.05, 3.63) is 36.4 Å². The van der Waals surface area contributed by atoms with Crippen molar-refractivity contribution in [2.24, 2.45) is 0 Å². The van der Waals surface area contributed by atoms with Gasteiger partial charge in [-0.1, -0.05) is 31.2 Å². The topological polar surface area (TPSA) is 70.6 Å². The van der Waals surface area contributed by atoms with E-state index in [9.17, 15) is 9.90 Å². The Bertz CT molecular complexity index is 722. The summed E-state index contributed by atoms with van der Waals surface area (Å²) in [5.74, 6) is 0.669. The van der Waals surface area contributed by atoms with Crippen molar-refractivity contribution in [1.82, 2.24) is 5.32 Å². The second-order valence-electron chi connectivity index (χ2n) is 7.15. The first-order chi connectivity index (χ1) is 11.8. The maximum absolute atomic E-state index is 11.7. The van der Waals surface area contributed by atoms with Crippen LogP contribution in [0.5, 0.6) is 5.75 Å². The van der Waals surface area contributed by atoms with E-state index in [2.05, 4.69) is 31.4 Å². The van der Waals surface area contributed by atoms with E-state index in [1.165, 1.54) is 0 Å². The monoisotopic (exact) mass is 344 g/mol. The molecule has 136 valence electrons. The molecule has 5 nitrogen and oxygen atoms in total. The van der Waals surface area contributed by atoms with Crippen molar-refractivity contribution in [3.8, 4) is 5.75 Å². The van der Waals surface area contributed by atoms with Gasteiger partial charge in [0.2, 0.25) is 5.91 Å². The number of amides is 1. The van der Waals surface area contributed by atoms with Crippen LogP contribution in [0.4, 0.5) is 5.69 Å². The zero-order valence-electron chi connectivity index (χ0n) is 15.4. The zero-order valence-corrected chi connectivity index (χ0v) is 15.4. The van der Waals surface area contributed by atoms with Gasteiger partial charge in [-0.2, -0.15) is 0 Å². The van der Waals surface area contributed by atoms with Gasteiger partial charge in [-0.25, -0.2) is 0 Å². The summed E-state index contributed by atoms with van der Waals surface area (Å²) >= 11 is 0. The number of benzene rings is 2. The minimum Gasteiger partial charge on any atom is -0.490 e. The number of ether oxygens (including phenoxy) is 1. The fraction of sp³-hybridized carbons (Fsp3) is 0.450. The first kappa shape index (κ1) is 19.2. The number of nitrogens with one attached hydrogen (secondary N) is 2. The minimum atomic E-state index is -0.600. The highest BCUT2D eigenvalue weighted by molar-refractivity contribution is 6.03. The highest BCUT2D eigenvalue weighted by atomic mass is 16.5. The number of rotatable bonds is 7. The van der Waals surface area contributed by atoms with Crippen LogP contribution in [0.2, 0.25) is 0 Å². The predicted octanol–water partition coefficient (Wildman–Crippen LogP) is 3.32. The Morgan fingerprint density at radius 1 is 1.16 bits per heavy atom. The summed E-state index contributed by atoms with van der Waals surface area (Å²) in [7, 11) is 0. The Morgan fingerprint density at radius 3 is 2.52 bits per heavy atom. The lowest BCUT2D eigenvalue weighted by Crippen LogP contribution is -2.42. The number of anilines is 1. The van der Waals surface area contributed by atoms with Gasteiger partial charge < -0.3 is 20.5 Å². The van der Waals surface area contributed by atoms with Crippen LogP contribution in [0.25, 0.3) is 10.8 Å². The maximum Gasteiger partial charge on any atom is 0.224 e. The molecule has 0 saturated carbocycles. The van der Waals surface area contributed by atoms with Crippen LogP contribution < -0.4 is 15.4 Å². The lowest BCUT2D eigenvalue weighted by molar-refractivity contribution is -0.115. The first-order valence-electron chi connectivity index (χ1n) is 8.67. The molecule has 0 aromatic heterocycles. The summed E-state index contributed by atoms with van der Waals surface area (Å²) < 4.78 is 5.83. The number of β-amino-alcohol motifs (C(OH)–C–C–N with tert-alkyl or cyclic N) is 1. The molecule has 2 aromatic rings. The van der Waals surface area contributed by atoms with E-state index in [-0.39, 0.29) is 18.1 Å². The number of aliphatic hydroxyl groups is 1. The fourth-order valence-electron chi connectivity index (χ4n) is 2.42. The van der Waals surface area contributed by atoms with Crippen molar-refractivity contribution in [2.75, 3.05) is 18.5 Å². The molecule has 0 aliphatic carbocycles. The Morgan fingerprint density at radius 2 is 1.84 bits per heavy atom. The molecule has 1 unspecified atom stereocenters. The van der Waals surface area contributed by atoms with Gasteiger partial charge in [0.1, 0.15) is 18.5 Å². The van der Waals surface area contributed by atoms with Gasteiger partial charge in [0.05, 0.1) is 0 Å². The lowest BCUT2D eigenvalue weighted by atomic mass is 10.1. The van der Waals surface area contributed by atoms with Crippen molar-refractivity contribution in [2.45, 2.75) is 45.8 Å². The Hall–Kier alpha value is -2.11. The SMILES string of the molecule is CCC(=O)Nc1cccc2c(OCC(O)CNC(C)(C)C)cccc12. The van der Waals surface area contributed by atoms with Gasteiger partial charge >= 0.3 is 0 Å². The Kier molecular flexibility index (Phi) is 6.39. The van der Waals surface area contributed by atoms with Crippen molar-refractivity contribution in [3.63, 3.8) is 0 Å². The van der Waals surface area contributed by atoms with Crippen LogP contribution in [-0.4, -0.2) is 35.8 Å². The van der Waals surface area contributed by atoms with Crippen LogP contribution in [0.1, 0.15) is 34.1 Å². The quantitative estimate of drug-likeness (QED) is 0.721. The molecule has 2 rings (SSSR count). The van der Waals surface area contributed by atoms with Crippen LogP contribution in [0.3, 0.4) is 0 Å². The molecule has 0 radical (unpaired) electrons. The van der Waals surface area contributed by atoms with Gasteiger partial charge in [-0.15, -0.1) is 0 Å². The van der Waals surface area contributed by atoms with E-state index in [1.807, 2.05) is 43.3 Å². The molecule has 0 spiro atoms. The summed E-state index contributed by atoms with van der Waals surface area (Å²) in [6.45, 7) is 8.65. The van der Waals surface area contributed by atoms with E-state index in [0.717, 1.165) is 16.5 Å². The average molecular weight is 344 g/mol. The molecule has 0 bridgehead atoms. The van der Waals surface area contributed by atoms with Crippen LogP contribution in [0.15, 0.2) is 36.4 Å². The Labute approximate surface area is 149 Å². The highest BCUT2D eigenvalue weighted by Crippen LogP contribution is 2.31. The van der Waals surface area contributed by atoms with Crippen LogP contribution in [-0.2, 0) is 4.79 Å². The molecule has 0 fully saturated rings. The first-order valence-corrected chi connectivity index (χ1v) is 8.67. The second kappa shape index (κ2) is 8.32. The number of hydrogen-bond acceptors (Lipinski definition) is 4.